The molecular formula is C17H31N3. The third kappa shape index (κ3) is 2.93. The smallest absolute Gasteiger partial charge is 0.0492 e. The summed E-state index contributed by atoms with van der Waals surface area (Å²) < 4.78 is 2.17. The van der Waals surface area contributed by atoms with Crippen LogP contribution in [0.15, 0.2) is 12.3 Å². The van der Waals surface area contributed by atoms with Crippen LogP contribution in [0.3, 0.4) is 0 Å². The number of aryl methyl sites for hydroxylation is 1. The SMILES string of the molecule is CCNC1CC(C)CCC1C(C)(C)c1ccnn1CC. The lowest BCUT2D eigenvalue weighted by Crippen LogP contribution is -2.49. The van der Waals surface area contributed by atoms with Gasteiger partial charge in [-0.25, -0.2) is 0 Å². The molecule has 1 aliphatic carbocycles. The summed E-state index contributed by atoms with van der Waals surface area (Å²) in [6.45, 7) is 13.6. The van der Waals surface area contributed by atoms with Crippen LogP contribution in [0.2, 0.25) is 0 Å². The third-order valence-corrected chi connectivity index (χ3v) is 5.18. The molecule has 1 aliphatic rings. The molecule has 1 heterocycles. The molecule has 0 radical (unpaired) electrons. The Morgan fingerprint density at radius 3 is 2.75 bits per heavy atom. The van der Waals surface area contributed by atoms with E-state index in [1.807, 2.05) is 6.20 Å². The van der Waals surface area contributed by atoms with Crippen LogP contribution in [0.5, 0.6) is 0 Å². The molecule has 0 spiro atoms. The summed E-state index contributed by atoms with van der Waals surface area (Å²) in [5.41, 5.74) is 1.57. The first-order valence-corrected chi connectivity index (χ1v) is 8.26. The summed E-state index contributed by atoms with van der Waals surface area (Å²) >= 11 is 0. The van der Waals surface area contributed by atoms with Crippen LogP contribution < -0.4 is 5.32 Å². The van der Waals surface area contributed by atoms with Crippen molar-refractivity contribution in [3.8, 4) is 0 Å². The van der Waals surface area contributed by atoms with Gasteiger partial charge in [0.05, 0.1) is 0 Å². The maximum Gasteiger partial charge on any atom is 0.0492 e. The van der Waals surface area contributed by atoms with E-state index in [-0.39, 0.29) is 5.41 Å². The fourth-order valence-corrected chi connectivity index (χ4v) is 4.05. The molecule has 3 atom stereocenters. The molecule has 0 saturated heterocycles. The second-order valence-corrected chi connectivity index (χ2v) is 6.94. The summed E-state index contributed by atoms with van der Waals surface area (Å²) in [4.78, 5) is 0. The molecule has 0 aliphatic heterocycles. The Morgan fingerprint density at radius 2 is 2.10 bits per heavy atom. The first-order chi connectivity index (χ1) is 9.50. The number of hydrogen-bond acceptors (Lipinski definition) is 2. The largest absolute Gasteiger partial charge is 0.314 e. The van der Waals surface area contributed by atoms with E-state index in [1.54, 1.807) is 0 Å². The van der Waals surface area contributed by atoms with Gasteiger partial charge in [0.15, 0.2) is 0 Å². The highest BCUT2D eigenvalue weighted by Gasteiger charge is 2.41. The van der Waals surface area contributed by atoms with Crippen LogP contribution in [-0.4, -0.2) is 22.4 Å². The van der Waals surface area contributed by atoms with E-state index in [4.69, 9.17) is 0 Å². The summed E-state index contributed by atoms with van der Waals surface area (Å²) in [6, 6.07) is 2.85. The van der Waals surface area contributed by atoms with Gasteiger partial charge in [0, 0.05) is 29.9 Å². The van der Waals surface area contributed by atoms with Crippen molar-refractivity contribution in [3.05, 3.63) is 18.0 Å². The van der Waals surface area contributed by atoms with Crippen molar-refractivity contribution in [3.63, 3.8) is 0 Å². The minimum absolute atomic E-state index is 0.180. The second-order valence-electron chi connectivity index (χ2n) is 6.94. The van der Waals surface area contributed by atoms with Crippen LogP contribution in [-0.2, 0) is 12.0 Å². The molecule has 0 bridgehead atoms. The number of nitrogens with one attached hydrogen (secondary N) is 1. The zero-order valence-corrected chi connectivity index (χ0v) is 13.8. The highest BCUT2D eigenvalue weighted by Crippen LogP contribution is 2.42. The van der Waals surface area contributed by atoms with Crippen molar-refractivity contribution in [1.82, 2.24) is 15.1 Å². The van der Waals surface area contributed by atoms with Crippen molar-refractivity contribution in [2.75, 3.05) is 6.54 Å². The van der Waals surface area contributed by atoms with Crippen LogP contribution >= 0.6 is 0 Å². The summed E-state index contributed by atoms with van der Waals surface area (Å²) in [5, 5.41) is 8.22. The molecule has 1 aromatic rings. The number of aromatic nitrogens is 2. The fraction of sp³-hybridized carbons (Fsp3) is 0.824. The Hall–Kier alpha value is -0.830. The lowest BCUT2D eigenvalue weighted by molar-refractivity contribution is 0.141. The monoisotopic (exact) mass is 277 g/mol. The predicted molar refractivity (Wildman–Crippen MR) is 84.9 cm³/mol. The third-order valence-electron chi connectivity index (χ3n) is 5.18. The van der Waals surface area contributed by atoms with Gasteiger partial charge in [0.2, 0.25) is 0 Å². The van der Waals surface area contributed by atoms with Gasteiger partial charge >= 0.3 is 0 Å². The molecule has 3 nitrogen and oxygen atoms in total. The lowest BCUT2D eigenvalue weighted by Gasteiger charge is -2.44. The van der Waals surface area contributed by atoms with Gasteiger partial charge in [-0.2, -0.15) is 5.10 Å². The maximum atomic E-state index is 4.48. The van der Waals surface area contributed by atoms with Gasteiger partial charge in [0.1, 0.15) is 0 Å². The predicted octanol–water partition coefficient (Wildman–Crippen LogP) is 3.59. The van der Waals surface area contributed by atoms with E-state index < -0.39 is 0 Å². The minimum atomic E-state index is 0.180. The average Bonchev–Trinajstić information content (AvgIpc) is 2.88. The molecule has 1 aromatic heterocycles. The lowest BCUT2D eigenvalue weighted by atomic mass is 9.65. The van der Waals surface area contributed by atoms with Gasteiger partial charge in [-0.05, 0) is 44.2 Å². The summed E-state index contributed by atoms with van der Waals surface area (Å²) in [6.07, 6.45) is 5.94. The Labute approximate surface area is 124 Å². The van der Waals surface area contributed by atoms with E-state index >= 15 is 0 Å². The Kier molecular flexibility index (Phi) is 4.90. The van der Waals surface area contributed by atoms with E-state index in [2.05, 4.69) is 55.8 Å². The number of nitrogens with zero attached hydrogens (tertiary/aromatic N) is 2. The number of hydrogen-bond donors (Lipinski definition) is 1. The molecule has 1 N–H and O–H groups in total. The standard InChI is InChI=1S/C17H31N3/c1-6-18-15-12-13(3)8-9-14(15)17(4,5)16-10-11-19-20(16)7-2/h10-11,13-15,18H,6-9,12H2,1-5H3. The topological polar surface area (TPSA) is 29.9 Å². The van der Waals surface area contributed by atoms with Gasteiger partial charge in [-0.3, -0.25) is 4.68 Å². The highest BCUT2D eigenvalue weighted by molar-refractivity contribution is 5.17. The molecule has 0 amide bonds. The average molecular weight is 277 g/mol. The Morgan fingerprint density at radius 1 is 1.35 bits per heavy atom. The van der Waals surface area contributed by atoms with Gasteiger partial charge in [0.25, 0.3) is 0 Å². The molecule has 20 heavy (non-hydrogen) atoms. The zero-order chi connectivity index (χ0) is 14.8. The first-order valence-electron chi connectivity index (χ1n) is 8.26. The molecule has 2 rings (SSSR count). The van der Waals surface area contributed by atoms with E-state index in [0.29, 0.717) is 12.0 Å². The molecule has 1 saturated carbocycles. The Balaban J connectivity index is 2.26. The molecule has 3 heteroatoms. The summed E-state index contributed by atoms with van der Waals surface area (Å²) in [7, 11) is 0. The van der Waals surface area contributed by atoms with Crippen molar-refractivity contribution in [2.45, 2.75) is 71.9 Å². The first kappa shape index (κ1) is 15.6. The van der Waals surface area contributed by atoms with Gasteiger partial charge in [-0.1, -0.05) is 34.1 Å². The summed E-state index contributed by atoms with van der Waals surface area (Å²) in [5.74, 6) is 1.54. The molecule has 3 unspecified atom stereocenters. The van der Waals surface area contributed by atoms with Gasteiger partial charge in [-0.15, -0.1) is 0 Å². The van der Waals surface area contributed by atoms with Crippen LogP contribution in [0, 0.1) is 11.8 Å². The van der Waals surface area contributed by atoms with E-state index in [1.165, 1.54) is 25.0 Å². The van der Waals surface area contributed by atoms with E-state index in [0.717, 1.165) is 19.0 Å². The van der Waals surface area contributed by atoms with Crippen LogP contribution in [0.4, 0.5) is 0 Å². The van der Waals surface area contributed by atoms with Crippen molar-refractivity contribution >= 4 is 0 Å². The Bertz CT molecular complexity index is 422. The molecular weight excluding hydrogens is 246 g/mol. The minimum Gasteiger partial charge on any atom is -0.314 e. The second kappa shape index (κ2) is 6.30. The van der Waals surface area contributed by atoms with Crippen molar-refractivity contribution in [1.29, 1.82) is 0 Å². The van der Waals surface area contributed by atoms with Crippen LogP contribution in [0.25, 0.3) is 0 Å². The normalized spacial score (nSPS) is 27.8. The van der Waals surface area contributed by atoms with Crippen molar-refractivity contribution < 1.29 is 0 Å². The highest BCUT2D eigenvalue weighted by atomic mass is 15.3. The van der Waals surface area contributed by atoms with Crippen molar-refractivity contribution in [2.24, 2.45) is 11.8 Å². The molecule has 1 fully saturated rings. The molecule has 0 aromatic carbocycles. The van der Waals surface area contributed by atoms with E-state index in [9.17, 15) is 0 Å². The van der Waals surface area contributed by atoms with Gasteiger partial charge < -0.3 is 5.32 Å². The number of rotatable bonds is 5. The molecule has 114 valence electrons. The zero-order valence-electron chi connectivity index (χ0n) is 13.8. The van der Waals surface area contributed by atoms with Crippen LogP contribution in [0.1, 0.15) is 59.6 Å². The quantitative estimate of drug-likeness (QED) is 0.891. The fourth-order valence-electron chi connectivity index (χ4n) is 4.05. The maximum absolute atomic E-state index is 4.48.